The van der Waals surface area contributed by atoms with Crippen LogP contribution in [0.3, 0.4) is 0 Å². The van der Waals surface area contributed by atoms with Crippen molar-refractivity contribution in [1.82, 2.24) is 9.78 Å². The number of aryl methyl sites for hydroxylation is 1. The quantitative estimate of drug-likeness (QED) is 0.256. The molecule has 6 heteroatoms. The highest BCUT2D eigenvalue weighted by molar-refractivity contribution is 6.31. The average molecular weight is 502 g/mol. The fourth-order valence-electron chi connectivity index (χ4n) is 5.45. The van der Waals surface area contributed by atoms with Gasteiger partial charge in [-0.25, -0.2) is 4.68 Å². The maximum atomic E-state index is 6.88. The van der Waals surface area contributed by atoms with Crippen LogP contribution in [-0.4, -0.2) is 15.7 Å². The molecule has 0 aliphatic carbocycles. The van der Waals surface area contributed by atoms with Crippen LogP contribution < -0.4 is 9.80 Å². The number of rotatable bonds is 4. The van der Waals surface area contributed by atoms with Crippen LogP contribution >= 0.6 is 11.6 Å². The van der Waals surface area contributed by atoms with E-state index in [4.69, 9.17) is 21.7 Å². The van der Waals surface area contributed by atoms with Gasteiger partial charge in [-0.2, -0.15) is 10.1 Å². The first-order valence-corrected chi connectivity index (χ1v) is 12.8. The molecular formula is C31H24ClN5. The van der Waals surface area contributed by atoms with Gasteiger partial charge in [0.2, 0.25) is 5.96 Å². The van der Waals surface area contributed by atoms with E-state index in [9.17, 15) is 0 Å². The molecule has 1 aromatic heterocycles. The molecule has 2 aliphatic heterocycles. The highest BCUT2D eigenvalue weighted by atomic mass is 35.5. The SMILES string of the molecule is Cc1nn(-c2ccccc2)c2c1[C@@H](c1ccccc1Cl)N1C(=N2)N(Cc2ccccc2)c2ccccc21. The van der Waals surface area contributed by atoms with Crippen LogP contribution in [0.1, 0.15) is 28.4 Å². The van der Waals surface area contributed by atoms with E-state index in [-0.39, 0.29) is 6.04 Å². The zero-order valence-corrected chi connectivity index (χ0v) is 21.0. The average Bonchev–Trinajstić information content (AvgIpc) is 3.44. The first-order valence-electron chi connectivity index (χ1n) is 12.4. The van der Waals surface area contributed by atoms with E-state index in [1.54, 1.807) is 0 Å². The zero-order chi connectivity index (χ0) is 24.9. The highest BCUT2D eigenvalue weighted by Crippen LogP contribution is 2.51. The summed E-state index contributed by atoms with van der Waals surface area (Å²) in [7, 11) is 0. The second-order valence-corrected chi connectivity index (χ2v) is 9.74. The molecule has 0 unspecified atom stereocenters. The smallest absolute Gasteiger partial charge is 0.213 e. The Bertz CT molecular complexity index is 1640. The van der Waals surface area contributed by atoms with Gasteiger partial charge in [0.1, 0.15) is 0 Å². The van der Waals surface area contributed by atoms with Crippen molar-refractivity contribution in [3.8, 4) is 5.69 Å². The lowest BCUT2D eigenvalue weighted by atomic mass is 9.95. The van der Waals surface area contributed by atoms with E-state index < -0.39 is 0 Å². The molecule has 0 amide bonds. The van der Waals surface area contributed by atoms with Crippen LogP contribution in [-0.2, 0) is 6.54 Å². The van der Waals surface area contributed by atoms with Crippen LogP contribution in [0.5, 0.6) is 0 Å². The topological polar surface area (TPSA) is 36.7 Å². The summed E-state index contributed by atoms with van der Waals surface area (Å²) in [5.41, 5.74) is 7.47. The van der Waals surface area contributed by atoms with E-state index in [2.05, 4.69) is 83.5 Å². The van der Waals surface area contributed by atoms with Crippen LogP contribution in [0, 0.1) is 6.92 Å². The molecule has 2 aliphatic rings. The summed E-state index contributed by atoms with van der Waals surface area (Å²) in [6.45, 7) is 2.77. The Balaban J connectivity index is 1.50. The number of fused-ring (bicyclic) bond motifs is 4. The first-order chi connectivity index (χ1) is 18.2. The Morgan fingerprint density at radius 1 is 0.757 bits per heavy atom. The molecule has 3 heterocycles. The molecule has 0 saturated heterocycles. The summed E-state index contributed by atoms with van der Waals surface area (Å²) in [5.74, 6) is 1.71. The predicted molar refractivity (Wildman–Crippen MR) is 150 cm³/mol. The third-order valence-corrected chi connectivity index (χ3v) is 7.44. The third-order valence-electron chi connectivity index (χ3n) is 7.09. The van der Waals surface area contributed by atoms with Crippen molar-refractivity contribution in [2.75, 3.05) is 9.80 Å². The minimum atomic E-state index is -0.171. The lowest BCUT2D eigenvalue weighted by molar-refractivity contribution is 0.811. The minimum absolute atomic E-state index is 0.171. The van der Waals surface area contributed by atoms with Crippen molar-refractivity contribution in [1.29, 1.82) is 0 Å². The molecule has 0 saturated carbocycles. The summed E-state index contributed by atoms with van der Waals surface area (Å²) < 4.78 is 1.96. The van der Waals surface area contributed by atoms with Crippen LogP contribution in [0.4, 0.5) is 17.2 Å². The number of aromatic nitrogens is 2. The van der Waals surface area contributed by atoms with E-state index in [1.165, 1.54) is 5.56 Å². The van der Waals surface area contributed by atoms with Gasteiger partial charge in [0.25, 0.3) is 0 Å². The second-order valence-electron chi connectivity index (χ2n) is 9.34. The number of anilines is 2. The monoisotopic (exact) mass is 501 g/mol. The Hall–Kier alpha value is -4.35. The van der Waals surface area contributed by atoms with E-state index in [1.807, 2.05) is 47.1 Å². The number of hydrogen-bond acceptors (Lipinski definition) is 4. The summed E-state index contributed by atoms with van der Waals surface area (Å²) in [4.78, 5) is 9.95. The minimum Gasteiger partial charge on any atom is -0.305 e. The van der Waals surface area contributed by atoms with E-state index in [0.717, 1.165) is 50.7 Å². The molecule has 0 fully saturated rings. The lowest BCUT2D eigenvalue weighted by Crippen LogP contribution is -2.43. The molecule has 180 valence electrons. The molecule has 4 aromatic carbocycles. The molecule has 37 heavy (non-hydrogen) atoms. The summed E-state index contributed by atoms with van der Waals surface area (Å²) in [6.07, 6.45) is 0. The highest BCUT2D eigenvalue weighted by Gasteiger charge is 2.44. The van der Waals surface area contributed by atoms with Gasteiger partial charge in [0.15, 0.2) is 5.82 Å². The Labute approximate surface area is 220 Å². The van der Waals surface area contributed by atoms with Gasteiger partial charge in [0.05, 0.1) is 35.3 Å². The Morgan fingerprint density at radius 3 is 2.16 bits per heavy atom. The van der Waals surface area contributed by atoms with Crippen molar-refractivity contribution in [3.63, 3.8) is 0 Å². The Morgan fingerprint density at radius 2 is 1.41 bits per heavy atom. The van der Waals surface area contributed by atoms with Crippen molar-refractivity contribution >= 4 is 34.8 Å². The van der Waals surface area contributed by atoms with Crippen molar-refractivity contribution in [2.24, 2.45) is 4.99 Å². The first kappa shape index (κ1) is 21.9. The molecule has 5 aromatic rings. The standard InChI is InChI=1S/C31H24ClN5/c1-21-28-29(24-16-8-9-17-25(24)32)36-27-19-11-10-18-26(27)35(20-22-12-4-2-5-13-22)31(36)33-30(28)37(34-21)23-14-6-3-7-15-23/h2-19,29H,20H2,1H3/t29-/m1/s1. The molecule has 7 rings (SSSR count). The summed E-state index contributed by atoms with van der Waals surface area (Å²) in [6, 6.07) is 37.2. The number of hydrogen-bond donors (Lipinski definition) is 0. The van der Waals surface area contributed by atoms with Gasteiger partial charge < -0.3 is 4.90 Å². The van der Waals surface area contributed by atoms with Crippen LogP contribution in [0.2, 0.25) is 5.02 Å². The van der Waals surface area contributed by atoms with Gasteiger partial charge in [-0.15, -0.1) is 0 Å². The Kier molecular flexibility index (Phi) is 5.11. The fourth-order valence-corrected chi connectivity index (χ4v) is 5.69. The normalized spacial score (nSPS) is 15.7. The van der Waals surface area contributed by atoms with Gasteiger partial charge in [-0.05, 0) is 48.4 Å². The van der Waals surface area contributed by atoms with Crippen LogP contribution in [0.25, 0.3) is 5.69 Å². The zero-order valence-electron chi connectivity index (χ0n) is 20.3. The number of guanidine groups is 1. The third kappa shape index (κ3) is 3.46. The van der Waals surface area contributed by atoms with Crippen molar-refractivity contribution in [2.45, 2.75) is 19.5 Å². The maximum Gasteiger partial charge on any atom is 0.213 e. The molecule has 0 bridgehead atoms. The summed E-state index contributed by atoms with van der Waals surface area (Å²) in [5, 5.41) is 5.71. The fraction of sp³-hybridized carbons (Fsp3) is 0.0968. The number of aliphatic imine (C=N–C) groups is 1. The lowest BCUT2D eigenvalue weighted by Gasteiger charge is -2.35. The molecule has 0 N–H and O–H groups in total. The largest absolute Gasteiger partial charge is 0.305 e. The number of benzene rings is 4. The predicted octanol–water partition coefficient (Wildman–Crippen LogP) is 7.45. The van der Waals surface area contributed by atoms with Crippen LogP contribution in [0.15, 0.2) is 114 Å². The number of nitrogens with zero attached hydrogens (tertiary/aromatic N) is 5. The van der Waals surface area contributed by atoms with Gasteiger partial charge in [-0.3, -0.25) is 4.90 Å². The van der Waals surface area contributed by atoms with Gasteiger partial charge >= 0.3 is 0 Å². The summed E-state index contributed by atoms with van der Waals surface area (Å²) >= 11 is 6.88. The molecule has 1 atom stereocenters. The molecule has 0 spiro atoms. The maximum absolute atomic E-state index is 6.88. The molecular weight excluding hydrogens is 478 g/mol. The van der Waals surface area contributed by atoms with Gasteiger partial charge in [-0.1, -0.05) is 90.5 Å². The van der Waals surface area contributed by atoms with Gasteiger partial charge in [0, 0.05) is 10.6 Å². The molecule has 5 nitrogen and oxygen atoms in total. The van der Waals surface area contributed by atoms with E-state index in [0.29, 0.717) is 6.54 Å². The van der Waals surface area contributed by atoms with E-state index >= 15 is 0 Å². The molecule has 0 radical (unpaired) electrons. The van der Waals surface area contributed by atoms with Crippen molar-refractivity contribution < 1.29 is 0 Å². The van der Waals surface area contributed by atoms with Crippen molar-refractivity contribution in [3.05, 3.63) is 137 Å². The number of halogens is 1. The second kappa shape index (κ2) is 8.64. The number of para-hydroxylation sites is 3.